The smallest absolute Gasteiger partial charge is 0.414 e. The molecule has 3 fully saturated rings. The summed E-state index contributed by atoms with van der Waals surface area (Å²) in [6, 6.07) is 5.33. The van der Waals surface area contributed by atoms with Crippen molar-refractivity contribution in [3.63, 3.8) is 0 Å². The molecule has 232 valence electrons. The highest BCUT2D eigenvalue weighted by atomic mass is 19.1. The number of nitrogens with zero attached hydrogens (tertiary/aromatic N) is 4. The second-order valence-electron chi connectivity index (χ2n) is 11.4. The minimum atomic E-state index is -1.36. The fourth-order valence-corrected chi connectivity index (χ4v) is 5.63. The Morgan fingerprint density at radius 2 is 1.86 bits per heavy atom. The van der Waals surface area contributed by atoms with Gasteiger partial charge >= 0.3 is 12.1 Å². The lowest BCUT2D eigenvalue weighted by Crippen LogP contribution is -2.37. The zero-order valence-electron chi connectivity index (χ0n) is 23.9. The normalized spacial score (nSPS) is 18.9. The number of cyclic esters (lactones) is 1. The summed E-state index contributed by atoms with van der Waals surface area (Å²) in [7, 11) is 0. The molecule has 12 nitrogen and oxygen atoms in total. The number of anilines is 2. The monoisotopic (exact) mass is 611 g/mol. The summed E-state index contributed by atoms with van der Waals surface area (Å²) in [5.41, 5.74) is -0.579. The van der Waals surface area contributed by atoms with Crippen LogP contribution in [0.4, 0.5) is 25.1 Å². The number of carboxylic acid groups (broad SMARTS) is 1. The van der Waals surface area contributed by atoms with Gasteiger partial charge in [0, 0.05) is 38.3 Å². The van der Waals surface area contributed by atoms with E-state index < -0.39 is 40.8 Å². The van der Waals surface area contributed by atoms with Gasteiger partial charge in [-0.1, -0.05) is 0 Å². The number of carboxylic acids is 1. The fourth-order valence-electron chi connectivity index (χ4n) is 5.63. The molecule has 4 heterocycles. The van der Waals surface area contributed by atoms with Crippen molar-refractivity contribution >= 4 is 40.5 Å². The molecule has 1 atom stereocenters. The number of rotatable bonds is 9. The number of nitrogens with one attached hydrogen (secondary N) is 1. The molecule has 2 aromatic heterocycles. The molecule has 2 N–H and O–H groups in total. The zero-order valence-corrected chi connectivity index (χ0v) is 23.9. The highest BCUT2D eigenvalue weighted by Gasteiger charge is 2.33. The van der Waals surface area contributed by atoms with Gasteiger partial charge in [0.1, 0.15) is 17.3 Å². The van der Waals surface area contributed by atoms with Gasteiger partial charge in [-0.2, -0.15) is 0 Å². The van der Waals surface area contributed by atoms with E-state index in [4.69, 9.17) is 9.47 Å². The summed E-state index contributed by atoms with van der Waals surface area (Å²) in [4.78, 5) is 55.3. The van der Waals surface area contributed by atoms with Crippen molar-refractivity contribution in [1.29, 1.82) is 0 Å². The molecule has 44 heavy (non-hydrogen) atoms. The predicted molar refractivity (Wildman–Crippen MR) is 154 cm³/mol. The Kier molecular flexibility index (Phi) is 7.82. The number of piperidine rings is 1. The Labute approximate surface area is 250 Å². The van der Waals surface area contributed by atoms with Crippen LogP contribution < -0.4 is 25.3 Å². The minimum absolute atomic E-state index is 0.0236. The van der Waals surface area contributed by atoms with Crippen molar-refractivity contribution in [2.24, 2.45) is 5.92 Å². The quantitative estimate of drug-likeness (QED) is 0.372. The molecule has 1 saturated carbocycles. The number of carbonyl (C=O) groups is 3. The molecule has 1 aliphatic carbocycles. The first kappa shape index (κ1) is 29.3. The average Bonchev–Trinajstić information content (AvgIpc) is 3.77. The highest BCUT2D eigenvalue weighted by Crippen LogP contribution is 2.37. The van der Waals surface area contributed by atoms with E-state index in [1.54, 1.807) is 15.5 Å². The standard InChI is InChI=1S/C30H31F2N5O7/c1-16(38)33-12-20-13-37(30(42)44-20)19-4-5-25(23(31)10-19)43-15-17-6-8-35(9-7-17)28-24(32)11-21-26(39)22(29(40)41)14-36(18-2-3-18)27(21)34-28/h4-5,10-11,14,17-18,20H,2-3,6-9,12-13,15H2,1H3,(H,33,38)(H,40,41). The summed E-state index contributed by atoms with van der Waals surface area (Å²) < 4.78 is 42.8. The number of pyridine rings is 2. The summed E-state index contributed by atoms with van der Waals surface area (Å²) in [5, 5.41) is 12.0. The Bertz CT molecular complexity index is 1700. The Morgan fingerprint density at radius 3 is 2.52 bits per heavy atom. The van der Waals surface area contributed by atoms with E-state index in [1.807, 2.05) is 0 Å². The molecule has 14 heteroatoms. The Hall–Kier alpha value is -4.75. The molecule has 0 radical (unpaired) electrons. The van der Waals surface area contributed by atoms with Gasteiger partial charge < -0.3 is 29.4 Å². The van der Waals surface area contributed by atoms with Crippen LogP contribution in [0.15, 0.2) is 35.3 Å². The van der Waals surface area contributed by atoms with Crippen molar-refractivity contribution in [1.82, 2.24) is 14.9 Å². The molecule has 2 aliphatic heterocycles. The molecule has 3 aliphatic rings. The molecule has 0 spiro atoms. The predicted octanol–water partition coefficient (Wildman–Crippen LogP) is 3.46. The van der Waals surface area contributed by atoms with Gasteiger partial charge in [-0.25, -0.2) is 23.4 Å². The van der Waals surface area contributed by atoms with E-state index in [-0.39, 0.29) is 60.2 Å². The third kappa shape index (κ3) is 5.88. The number of hydrogen-bond donors (Lipinski definition) is 2. The molecule has 0 bridgehead atoms. The minimum Gasteiger partial charge on any atom is -0.490 e. The topological polar surface area (TPSA) is 143 Å². The number of ether oxygens (including phenoxy) is 2. The number of benzene rings is 1. The average molecular weight is 612 g/mol. The maximum atomic E-state index is 15.2. The lowest BCUT2D eigenvalue weighted by Gasteiger charge is -2.33. The zero-order chi connectivity index (χ0) is 31.1. The van der Waals surface area contributed by atoms with E-state index >= 15 is 4.39 Å². The van der Waals surface area contributed by atoms with Crippen LogP contribution in [-0.4, -0.2) is 71.5 Å². The third-order valence-electron chi connectivity index (χ3n) is 8.18. The van der Waals surface area contributed by atoms with Crippen LogP contribution in [0.3, 0.4) is 0 Å². The van der Waals surface area contributed by atoms with Gasteiger partial charge in [0.2, 0.25) is 11.3 Å². The van der Waals surface area contributed by atoms with Crippen LogP contribution >= 0.6 is 0 Å². The van der Waals surface area contributed by atoms with Gasteiger partial charge in [-0.3, -0.25) is 14.5 Å². The Balaban J connectivity index is 1.08. The molecular formula is C30H31F2N5O7. The first-order valence-electron chi connectivity index (χ1n) is 14.5. The second-order valence-corrected chi connectivity index (χ2v) is 11.4. The van der Waals surface area contributed by atoms with E-state index in [0.717, 1.165) is 18.9 Å². The summed E-state index contributed by atoms with van der Waals surface area (Å²) in [6.07, 6.45) is 3.04. The van der Waals surface area contributed by atoms with Crippen LogP contribution in [0.25, 0.3) is 11.0 Å². The first-order chi connectivity index (χ1) is 21.1. The molecule has 2 saturated heterocycles. The van der Waals surface area contributed by atoms with Crippen LogP contribution in [-0.2, 0) is 9.53 Å². The maximum absolute atomic E-state index is 15.2. The van der Waals surface area contributed by atoms with Gasteiger partial charge in [-0.15, -0.1) is 0 Å². The van der Waals surface area contributed by atoms with Crippen molar-refractivity contribution in [3.8, 4) is 5.75 Å². The van der Waals surface area contributed by atoms with Crippen LogP contribution in [0.1, 0.15) is 49.0 Å². The maximum Gasteiger partial charge on any atom is 0.414 e. The highest BCUT2D eigenvalue weighted by molar-refractivity contribution is 5.92. The molecule has 6 rings (SSSR count). The number of fused-ring (bicyclic) bond motifs is 1. The van der Waals surface area contributed by atoms with Crippen molar-refractivity contribution in [2.45, 2.75) is 44.8 Å². The van der Waals surface area contributed by atoms with E-state index in [1.165, 1.54) is 30.2 Å². The molecule has 1 unspecified atom stereocenters. The number of halogens is 2. The number of aromatic nitrogens is 2. The first-order valence-corrected chi connectivity index (χ1v) is 14.5. The van der Waals surface area contributed by atoms with Crippen LogP contribution in [0.5, 0.6) is 5.75 Å². The lowest BCUT2D eigenvalue weighted by molar-refractivity contribution is -0.119. The van der Waals surface area contributed by atoms with Gasteiger partial charge in [0.15, 0.2) is 23.2 Å². The van der Waals surface area contributed by atoms with E-state index in [2.05, 4.69) is 10.3 Å². The van der Waals surface area contributed by atoms with Crippen LogP contribution in [0.2, 0.25) is 0 Å². The fraction of sp³-hybridized carbons (Fsp3) is 0.433. The third-order valence-corrected chi connectivity index (χ3v) is 8.18. The Morgan fingerprint density at radius 1 is 1.11 bits per heavy atom. The van der Waals surface area contributed by atoms with Gasteiger partial charge in [0.05, 0.1) is 30.8 Å². The summed E-state index contributed by atoms with van der Waals surface area (Å²) in [5.74, 6) is -2.71. The van der Waals surface area contributed by atoms with Crippen molar-refractivity contribution in [2.75, 3.05) is 42.6 Å². The van der Waals surface area contributed by atoms with Crippen molar-refractivity contribution in [3.05, 3.63) is 57.9 Å². The van der Waals surface area contributed by atoms with Crippen LogP contribution in [0, 0.1) is 17.6 Å². The molecule has 1 aromatic carbocycles. The van der Waals surface area contributed by atoms with Gasteiger partial charge in [-0.05, 0) is 49.8 Å². The van der Waals surface area contributed by atoms with Gasteiger partial charge in [0.25, 0.3) is 0 Å². The van der Waals surface area contributed by atoms with E-state index in [0.29, 0.717) is 31.6 Å². The largest absolute Gasteiger partial charge is 0.490 e. The lowest BCUT2D eigenvalue weighted by atomic mass is 9.97. The van der Waals surface area contributed by atoms with Crippen molar-refractivity contribution < 1.29 is 37.7 Å². The summed E-state index contributed by atoms with van der Waals surface area (Å²) in [6.45, 7) is 2.86. The molecule has 3 aromatic rings. The summed E-state index contributed by atoms with van der Waals surface area (Å²) >= 11 is 0. The number of hydrogen-bond acceptors (Lipinski definition) is 8. The number of amides is 2. The number of aromatic carboxylic acids is 1. The number of carbonyl (C=O) groups excluding carboxylic acids is 2. The SMILES string of the molecule is CC(=O)NCC1CN(c2ccc(OCC3CCN(c4nc5c(cc4F)c(=O)c(C(=O)O)cn5C4CC4)CC3)c(F)c2)C(=O)O1. The van der Waals surface area contributed by atoms with E-state index in [9.17, 15) is 28.7 Å². The molecular weight excluding hydrogens is 580 g/mol. The molecule has 2 amide bonds. The second kappa shape index (κ2) is 11.7.